The first kappa shape index (κ1) is 15.8. The molecule has 0 unspecified atom stereocenters. The van der Waals surface area contributed by atoms with E-state index in [0.29, 0.717) is 5.92 Å². The number of esters is 1. The minimum absolute atomic E-state index is 0.0502. The van der Waals surface area contributed by atoms with Gasteiger partial charge in [0, 0.05) is 26.2 Å². The largest absolute Gasteiger partial charge is 0.469 e. The van der Waals surface area contributed by atoms with Crippen LogP contribution in [0.1, 0.15) is 33.6 Å². The average molecular weight is 269 g/mol. The van der Waals surface area contributed by atoms with Crippen molar-refractivity contribution in [1.82, 2.24) is 10.2 Å². The van der Waals surface area contributed by atoms with Crippen molar-refractivity contribution >= 4 is 11.9 Å². The molecule has 5 nitrogen and oxygen atoms in total. The molecular weight excluding hydrogens is 242 g/mol. The Labute approximate surface area is 116 Å². The van der Waals surface area contributed by atoms with Crippen molar-refractivity contribution in [2.75, 3.05) is 33.3 Å². The molecular formula is C14H27N3O2. The van der Waals surface area contributed by atoms with Crippen LogP contribution < -0.4 is 5.32 Å². The summed E-state index contributed by atoms with van der Waals surface area (Å²) in [5.74, 6) is 1.50. The minimum atomic E-state index is -0.0798. The van der Waals surface area contributed by atoms with Crippen LogP contribution in [0.25, 0.3) is 0 Å². The standard InChI is InChI=1S/C14H27N3O2/c1-5-15-14(16-10-11(2)3)17-8-6-12(7-9-17)13(18)19-4/h11-12H,5-10H2,1-4H3,(H,15,16). The van der Waals surface area contributed by atoms with Gasteiger partial charge in [0.15, 0.2) is 5.96 Å². The quantitative estimate of drug-likeness (QED) is 0.477. The lowest BCUT2D eigenvalue weighted by Crippen LogP contribution is -2.46. The molecule has 1 heterocycles. The van der Waals surface area contributed by atoms with Crippen molar-refractivity contribution in [3.8, 4) is 0 Å². The van der Waals surface area contributed by atoms with E-state index in [1.54, 1.807) is 0 Å². The molecule has 0 amide bonds. The number of piperidine rings is 1. The van der Waals surface area contributed by atoms with E-state index in [2.05, 4.69) is 36.0 Å². The first-order valence-corrected chi connectivity index (χ1v) is 7.19. The highest BCUT2D eigenvalue weighted by atomic mass is 16.5. The molecule has 19 heavy (non-hydrogen) atoms. The maximum atomic E-state index is 11.5. The van der Waals surface area contributed by atoms with Gasteiger partial charge in [-0.1, -0.05) is 13.8 Å². The third kappa shape index (κ3) is 5.09. The zero-order valence-electron chi connectivity index (χ0n) is 12.6. The summed E-state index contributed by atoms with van der Waals surface area (Å²) >= 11 is 0. The van der Waals surface area contributed by atoms with Gasteiger partial charge in [-0.3, -0.25) is 9.79 Å². The summed E-state index contributed by atoms with van der Waals surface area (Å²) in [7, 11) is 1.46. The van der Waals surface area contributed by atoms with Gasteiger partial charge in [-0.15, -0.1) is 0 Å². The Balaban J connectivity index is 2.54. The Kier molecular flexibility index (Phi) is 6.67. The summed E-state index contributed by atoms with van der Waals surface area (Å²) in [5, 5.41) is 3.33. The summed E-state index contributed by atoms with van der Waals surface area (Å²) < 4.78 is 4.81. The molecule has 0 spiro atoms. The van der Waals surface area contributed by atoms with E-state index >= 15 is 0 Å². The Bertz CT molecular complexity index is 308. The maximum absolute atomic E-state index is 11.5. The van der Waals surface area contributed by atoms with E-state index in [9.17, 15) is 4.79 Å². The molecule has 0 aromatic rings. The molecule has 0 atom stereocenters. The second kappa shape index (κ2) is 8.02. The highest BCUT2D eigenvalue weighted by Crippen LogP contribution is 2.18. The smallest absolute Gasteiger partial charge is 0.308 e. The molecule has 0 aliphatic carbocycles. The first-order chi connectivity index (χ1) is 9.08. The van der Waals surface area contributed by atoms with E-state index in [1.807, 2.05) is 0 Å². The van der Waals surface area contributed by atoms with Crippen LogP contribution in [0, 0.1) is 11.8 Å². The summed E-state index contributed by atoms with van der Waals surface area (Å²) in [6.45, 7) is 9.83. The van der Waals surface area contributed by atoms with Gasteiger partial charge in [-0.2, -0.15) is 0 Å². The predicted molar refractivity (Wildman–Crippen MR) is 77.1 cm³/mol. The highest BCUT2D eigenvalue weighted by Gasteiger charge is 2.26. The van der Waals surface area contributed by atoms with Gasteiger partial charge in [-0.05, 0) is 25.7 Å². The van der Waals surface area contributed by atoms with Crippen molar-refractivity contribution in [2.24, 2.45) is 16.8 Å². The molecule has 1 N–H and O–H groups in total. The Morgan fingerprint density at radius 3 is 2.53 bits per heavy atom. The van der Waals surface area contributed by atoms with Gasteiger partial charge >= 0.3 is 5.97 Å². The van der Waals surface area contributed by atoms with Crippen LogP contribution in [0.4, 0.5) is 0 Å². The number of hydrogen-bond acceptors (Lipinski definition) is 3. The van der Waals surface area contributed by atoms with Crippen molar-refractivity contribution < 1.29 is 9.53 Å². The number of carbonyl (C=O) groups excluding carboxylic acids is 1. The summed E-state index contributed by atoms with van der Waals surface area (Å²) in [4.78, 5) is 18.4. The van der Waals surface area contributed by atoms with Crippen LogP contribution in [0.3, 0.4) is 0 Å². The topological polar surface area (TPSA) is 53.9 Å². The number of aliphatic imine (C=N–C) groups is 1. The maximum Gasteiger partial charge on any atom is 0.308 e. The second-order valence-electron chi connectivity index (χ2n) is 5.37. The molecule has 110 valence electrons. The van der Waals surface area contributed by atoms with Gasteiger partial charge in [0.2, 0.25) is 0 Å². The number of likely N-dealkylation sites (tertiary alicyclic amines) is 1. The lowest BCUT2D eigenvalue weighted by atomic mass is 9.97. The van der Waals surface area contributed by atoms with Crippen molar-refractivity contribution in [3.05, 3.63) is 0 Å². The van der Waals surface area contributed by atoms with Crippen LogP contribution in [-0.2, 0) is 9.53 Å². The third-order valence-corrected chi connectivity index (χ3v) is 3.27. The number of nitrogens with one attached hydrogen (secondary N) is 1. The van der Waals surface area contributed by atoms with Crippen LogP contribution in [0.15, 0.2) is 4.99 Å². The molecule has 0 aromatic carbocycles. The monoisotopic (exact) mass is 269 g/mol. The number of rotatable bonds is 4. The van der Waals surface area contributed by atoms with E-state index < -0.39 is 0 Å². The van der Waals surface area contributed by atoms with Crippen LogP contribution in [0.5, 0.6) is 0 Å². The van der Waals surface area contributed by atoms with Gasteiger partial charge < -0.3 is 15.0 Å². The van der Waals surface area contributed by atoms with Crippen LogP contribution in [0.2, 0.25) is 0 Å². The normalized spacial score (nSPS) is 17.7. The Hall–Kier alpha value is -1.26. The summed E-state index contributed by atoms with van der Waals surface area (Å²) in [5.41, 5.74) is 0. The summed E-state index contributed by atoms with van der Waals surface area (Å²) in [6.07, 6.45) is 1.69. The zero-order chi connectivity index (χ0) is 14.3. The molecule has 5 heteroatoms. The van der Waals surface area contributed by atoms with E-state index in [4.69, 9.17) is 4.74 Å². The van der Waals surface area contributed by atoms with Gasteiger partial charge in [0.1, 0.15) is 0 Å². The molecule has 1 saturated heterocycles. The highest BCUT2D eigenvalue weighted by molar-refractivity contribution is 5.80. The molecule has 1 aliphatic rings. The fourth-order valence-corrected chi connectivity index (χ4v) is 2.19. The molecule has 1 rings (SSSR count). The number of carbonyl (C=O) groups is 1. The first-order valence-electron chi connectivity index (χ1n) is 7.19. The number of hydrogen-bond donors (Lipinski definition) is 1. The van der Waals surface area contributed by atoms with Crippen molar-refractivity contribution in [1.29, 1.82) is 0 Å². The Morgan fingerprint density at radius 2 is 2.05 bits per heavy atom. The van der Waals surface area contributed by atoms with Crippen LogP contribution >= 0.6 is 0 Å². The SMILES string of the molecule is CCNC(=NCC(C)C)N1CCC(C(=O)OC)CC1. The molecule has 0 saturated carbocycles. The van der Waals surface area contributed by atoms with Crippen LogP contribution in [-0.4, -0.2) is 50.1 Å². The molecule has 0 bridgehead atoms. The zero-order valence-corrected chi connectivity index (χ0v) is 12.6. The van der Waals surface area contributed by atoms with Gasteiger partial charge in [-0.25, -0.2) is 0 Å². The average Bonchev–Trinajstić information content (AvgIpc) is 2.42. The molecule has 1 aliphatic heterocycles. The van der Waals surface area contributed by atoms with E-state index in [-0.39, 0.29) is 11.9 Å². The van der Waals surface area contributed by atoms with Crippen molar-refractivity contribution in [3.63, 3.8) is 0 Å². The van der Waals surface area contributed by atoms with Gasteiger partial charge in [0.05, 0.1) is 13.0 Å². The molecule has 0 aromatic heterocycles. The predicted octanol–water partition coefficient (Wildman–Crippen LogP) is 1.49. The number of methoxy groups -OCH3 is 1. The van der Waals surface area contributed by atoms with E-state index in [1.165, 1.54) is 7.11 Å². The lowest BCUT2D eigenvalue weighted by Gasteiger charge is -2.33. The van der Waals surface area contributed by atoms with Crippen molar-refractivity contribution in [2.45, 2.75) is 33.6 Å². The fourth-order valence-electron chi connectivity index (χ4n) is 2.19. The number of guanidine groups is 1. The number of nitrogens with zero attached hydrogens (tertiary/aromatic N) is 2. The molecule has 0 radical (unpaired) electrons. The van der Waals surface area contributed by atoms with E-state index in [0.717, 1.165) is 45.0 Å². The second-order valence-corrected chi connectivity index (χ2v) is 5.37. The minimum Gasteiger partial charge on any atom is -0.469 e. The lowest BCUT2D eigenvalue weighted by molar-refractivity contribution is -0.146. The third-order valence-electron chi connectivity index (χ3n) is 3.27. The Morgan fingerprint density at radius 1 is 1.42 bits per heavy atom. The number of ether oxygens (including phenoxy) is 1. The fraction of sp³-hybridized carbons (Fsp3) is 0.857. The molecule has 1 fully saturated rings. The van der Waals surface area contributed by atoms with Gasteiger partial charge in [0.25, 0.3) is 0 Å². The summed E-state index contributed by atoms with van der Waals surface area (Å²) in [6, 6.07) is 0.